The van der Waals surface area contributed by atoms with E-state index in [0.717, 1.165) is 31.4 Å². The monoisotopic (exact) mass is 262 g/mol. The molecule has 1 heterocycles. The molecule has 14 heavy (non-hydrogen) atoms. The summed E-state index contributed by atoms with van der Waals surface area (Å²) in [7, 11) is 1.86. The van der Waals surface area contributed by atoms with E-state index in [0.29, 0.717) is 5.92 Å². The fourth-order valence-corrected chi connectivity index (χ4v) is 2.36. The molecule has 1 fully saturated rings. The summed E-state index contributed by atoms with van der Waals surface area (Å²) in [5.74, 6) is 0.657. The molecule has 0 bridgehead atoms. The SMILES string of the molecule is CC1CCCN(C(=O)N(C)CCBr)C1. The fourth-order valence-electron chi connectivity index (χ4n) is 1.83. The first-order valence-corrected chi connectivity index (χ1v) is 6.33. The van der Waals surface area contributed by atoms with Gasteiger partial charge < -0.3 is 9.80 Å². The number of piperidine rings is 1. The van der Waals surface area contributed by atoms with Gasteiger partial charge >= 0.3 is 6.03 Å². The average molecular weight is 263 g/mol. The molecule has 0 spiro atoms. The summed E-state index contributed by atoms with van der Waals surface area (Å²) in [4.78, 5) is 15.6. The van der Waals surface area contributed by atoms with Crippen LogP contribution in [0.3, 0.4) is 0 Å². The summed E-state index contributed by atoms with van der Waals surface area (Å²) in [5.41, 5.74) is 0. The molecule has 0 aromatic carbocycles. The second-order valence-corrected chi connectivity index (χ2v) is 4.88. The number of hydrogen-bond donors (Lipinski definition) is 0. The van der Waals surface area contributed by atoms with Crippen molar-refractivity contribution in [1.29, 1.82) is 0 Å². The largest absolute Gasteiger partial charge is 0.327 e. The van der Waals surface area contributed by atoms with E-state index in [-0.39, 0.29) is 6.03 Å². The summed E-state index contributed by atoms with van der Waals surface area (Å²) >= 11 is 3.34. The quantitative estimate of drug-likeness (QED) is 0.700. The van der Waals surface area contributed by atoms with E-state index in [1.807, 2.05) is 11.9 Å². The molecule has 1 unspecified atom stereocenters. The van der Waals surface area contributed by atoms with Gasteiger partial charge in [-0.25, -0.2) is 4.79 Å². The van der Waals surface area contributed by atoms with Crippen molar-refractivity contribution in [2.45, 2.75) is 19.8 Å². The highest BCUT2D eigenvalue weighted by molar-refractivity contribution is 9.09. The van der Waals surface area contributed by atoms with E-state index < -0.39 is 0 Å². The van der Waals surface area contributed by atoms with Gasteiger partial charge in [-0.3, -0.25) is 0 Å². The van der Waals surface area contributed by atoms with Gasteiger partial charge in [-0.1, -0.05) is 22.9 Å². The van der Waals surface area contributed by atoms with Gasteiger partial charge in [0.1, 0.15) is 0 Å². The number of hydrogen-bond acceptors (Lipinski definition) is 1. The predicted molar refractivity (Wildman–Crippen MR) is 61.8 cm³/mol. The van der Waals surface area contributed by atoms with Gasteiger partial charge in [0.15, 0.2) is 0 Å². The van der Waals surface area contributed by atoms with E-state index in [9.17, 15) is 4.79 Å². The number of carbonyl (C=O) groups excluding carboxylic acids is 1. The van der Waals surface area contributed by atoms with Crippen LogP contribution in [0.25, 0.3) is 0 Å². The molecule has 1 saturated heterocycles. The number of likely N-dealkylation sites (tertiary alicyclic amines) is 1. The number of alkyl halides is 1. The molecular weight excluding hydrogens is 244 g/mol. The molecule has 1 rings (SSSR count). The van der Waals surface area contributed by atoms with Crippen molar-refractivity contribution in [3.05, 3.63) is 0 Å². The maximum Gasteiger partial charge on any atom is 0.319 e. The van der Waals surface area contributed by atoms with Crippen molar-refractivity contribution >= 4 is 22.0 Å². The lowest BCUT2D eigenvalue weighted by molar-refractivity contribution is 0.141. The molecule has 4 heteroatoms. The van der Waals surface area contributed by atoms with Gasteiger partial charge in [-0.15, -0.1) is 0 Å². The topological polar surface area (TPSA) is 23.6 Å². The molecule has 3 nitrogen and oxygen atoms in total. The van der Waals surface area contributed by atoms with Crippen molar-refractivity contribution in [3.8, 4) is 0 Å². The van der Waals surface area contributed by atoms with E-state index >= 15 is 0 Å². The van der Waals surface area contributed by atoms with Crippen LogP contribution in [0, 0.1) is 5.92 Å². The molecule has 82 valence electrons. The van der Waals surface area contributed by atoms with Crippen LogP contribution in [0.1, 0.15) is 19.8 Å². The van der Waals surface area contributed by atoms with Gasteiger partial charge in [-0.2, -0.15) is 0 Å². The Labute approximate surface area is 94.6 Å². The Morgan fingerprint density at radius 2 is 2.36 bits per heavy atom. The molecule has 0 N–H and O–H groups in total. The summed E-state index contributed by atoms with van der Waals surface area (Å²) in [5, 5.41) is 0.846. The Bertz CT molecular complexity index is 199. The lowest BCUT2D eigenvalue weighted by Crippen LogP contribution is -2.46. The Hall–Kier alpha value is -0.250. The Morgan fingerprint density at radius 3 is 2.93 bits per heavy atom. The van der Waals surface area contributed by atoms with Crippen LogP contribution < -0.4 is 0 Å². The molecule has 0 saturated carbocycles. The standard InChI is InChI=1S/C10H19BrN2O/c1-9-4-3-6-13(8-9)10(14)12(2)7-5-11/h9H,3-8H2,1-2H3. The highest BCUT2D eigenvalue weighted by Gasteiger charge is 2.22. The minimum Gasteiger partial charge on any atom is -0.327 e. The van der Waals surface area contributed by atoms with E-state index in [1.54, 1.807) is 4.90 Å². The zero-order chi connectivity index (χ0) is 10.6. The number of rotatable bonds is 2. The molecule has 1 aliphatic rings. The number of carbonyl (C=O) groups is 1. The molecular formula is C10H19BrN2O. The van der Waals surface area contributed by atoms with Crippen LogP contribution in [0.5, 0.6) is 0 Å². The molecule has 0 aromatic rings. The number of nitrogens with zero attached hydrogens (tertiary/aromatic N) is 2. The van der Waals surface area contributed by atoms with Gasteiger partial charge in [0, 0.05) is 32.0 Å². The highest BCUT2D eigenvalue weighted by Crippen LogP contribution is 2.16. The van der Waals surface area contributed by atoms with Crippen molar-refractivity contribution in [2.24, 2.45) is 5.92 Å². The fraction of sp³-hybridized carbons (Fsp3) is 0.900. The Morgan fingerprint density at radius 1 is 1.64 bits per heavy atom. The Kier molecular flexibility index (Phi) is 4.72. The van der Waals surface area contributed by atoms with E-state index in [1.165, 1.54) is 6.42 Å². The third-order valence-electron chi connectivity index (χ3n) is 2.67. The number of urea groups is 1. The second-order valence-electron chi connectivity index (χ2n) is 4.09. The van der Waals surface area contributed by atoms with Crippen molar-refractivity contribution in [2.75, 3.05) is 32.0 Å². The minimum absolute atomic E-state index is 0.177. The van der Waals surface area contributed by atoms with Crippen molar-refractivity contribution < 1.29 is 4.79 Å². The first-order chi connectivity index (χ1) is 6.65. The van der Waals surface area contributed by atoms with Crippen molar-refractivity contribution in [3.63, 3.8) is 0 Å². The van der Waals surface area contributed by atoms with Crippen LogP contribution in [0.4, 0.5) is 4.79 Å². The van der Waals surface area contributed by atoms with E-state index in [2.05, 4.69) is 22.9 Å². The minimum atomic E-state index is 0.177. The normalized spacial score (nSPS) is 22.2. The zero-order valence-electron chi connectivity index (χ0n) is 9.00. The van der Waals surface area contributed by atoms with Gasteiger partial charge in [0.2, 0.25) is 0 Å². The first kappa shape index (κ1) is 11.8. The van der Waals surface area contributed by atoms with Gasteiger partial charge in [0.05, 0.1) is 0 Å². The van der Waals surface area contributed by atoms with Gasteiger partial charge in [-0.05, 0) is 18.8 Å². The smallest absolute Gasteiger partial charge is 0.319 e. The van der Waals surface area contributed by atoms with Crippen LogP contribution in [0.2, 0.25) is 0 Å². The average Bonchev–Trinajstić information content (AvgIpc) is 2.17. The van der Waals surface area contributed by atoms with Crippen LogP contribution >= 0.6 is 15.9 Å². The van der Waals surface area contributed by atoms with Gasteiger partial charge in [0.25, 0.3) is 0 Å². The number of amides is 2. The maximum absolute atomic E-state index is 11.9. The molecule has 1 aliphatic heterocycles. The molecule has 0 aliphatic carbocycles. The maximum atomic E-state index is 11.9. The van der Waals surface area contributed by atoms with Crippen LogP contribution in [-0.2, 0) is 0 Å². The third kappa shape index (κ3) is 3.15. The second kappa shape index (κ2) is 5.59. The molecule has 2 amide bonds. The Balaban J connectivity index is 2.42. The molecule has 0 aromatic heterocycles. The third-order valence-corrected chi connectivity index (χ3v) is 3.03. The number of halogens is 1. The van der Waals surface area contributed by atoms with E-state index in [4.69, 9.17) is 0 Å². The summed E-state index contributed by atoms with van der Waals surface area (Å²) in [6.07, 6.45) is 2.40. The predicted octanol–water partition coefficient (Wildman–Crippen LogP) is 2.17. The summed E-state index contributed by atoms with van der Waals surface area (Å²) in [6.45, 7) is 4.84. The molecule has 1 atom stereocenters. The first-order valence-electron chi connectivity index (χ1n) is 5.21. The lowest BCUT2D eigenvalue weighted by Gasteiger charge is -2.33. The van der Waals surface area contributed by atoms with Crippen LogP contribution in [0.15, 0.2) is 0 Å². The zero-order valence-corrected chi connectivity index (χ0v) is 10.6. The summed E-state index contributed by atoms with van der Waals surface area (Å²) in [6, 6.07) is 0.177. The van der Waals surface area contributed by atoms with Crippen LogP contribution in [-0.4, -0.2) is 47.8 Å². The lowest BCUT2D eigenvalue weighted by atomic mass is 10.0. The molecule has 0 radical (unpaired) electrons. The highest BCUT2D eigenvalue weighted by atomic mass is 79.9. The summed E-state index contributed by atoms with van der Waals surface area (Å²) < 4.78 is 0. The van der Waals surface area contributed by atoms with Crippen molar-refractivity contribution in [1.82, 2.24) is 9.80 Å².